The van der Waals surface area contributed by atoms with E-state index in [-0.39, 0.29) is 17.3 Å². The summed E-state index contributed by atoms with van der Waals surface area (Å²) in [5.41, 5.74) is 1.26. The number of rotatable bonds is 1. The number of Topliss-reactive ketones (excluding diaryl/α,β-unsaturated/α-hetero) is 1. The molecular weight excluding hydrogens is 228 g/mol. The molecule has 1 aromatic rings. The second kappa shape index (κ2) is 4.37. The van der Waals surface area contributed by atoms with Crippen molar-refractivity contribution in [2.75, 3.05) is 13.1 Å². The molecule has 0 aromatic carbocycles. The molecule has 18 heavy (non-hydrogen) atoms. The third-order valence-electron chi connectivity index (χ3n) is 3.48. The maximum absolute atomic E-state index is 12.4. The van der Waals surface area contributed by atoms with Crippen molar-refractivity contribution in [3.8, 4) is 0 Å². The van der Waals surface area contributed by atoms with Gasteiger partial charge in [0.2, 0.25) is 11.6 Å². The van der Waals surface area contributed by atoms with Gasteiger partial charge in [-0.1, -0.05) is 0 Å². The van der Waals surface area contributed by atoms with E-state index in [0.717, 1.165) is 25.9 Å². The predicted octanol–water partition coefficient (Wildman–Crippen LogP) is 1.83. The van der Waals surface area contributed by atoms with Crippen molar-refractivity contribution in [2.45, 2.75) is 19.3 Å². The smallest absolute Gasteiger partial charge is 0.211 e. The van der Waals surface area contributed by atoms with Gasteiger partial charge in [0, 0.05) is 25.4 Å². The van der Waals surface area contributed by atoms with E-state index in [4.69, 9.17) is 0 Å². The molecule has 3 rings (SSSR count). The largest absolute Gasteiger partial charge is 0.368 e. The lowest BCUT2D eigenvalue weighted by Gasteiger charge is -2.31. The van der Waals surface area contributed by atoms with Crippen molar-refractivity contribution in [3.05, 3.63) is 41.4 Å². The Balaban J connectivity index is 1.98. The van der Waals surface area contributed by atoms with E-state index in [1.54, 1.807) is 18.3 Å². The van der Waals surface area contributed by atoms with Gasteiger partial charge in [-0.2, -0.15) is 0 Å². The Bertz CT molecular complexity index is 542. The summed E-state index contributed by atoms with van der Waals surface area (Å²) >= 11 is 0. The van der Waals surface area contributed by atoms with Gasteiger partial charge in [-0.15, -0.1) is 0 Å². The Morgan fingerprint density at radius 3 is 2.67 bits per heavy atom. The minimum Gasteiger partial charge on any atom is -0.368 e. The third kappa shape index (κ3) is 1.74. The second-order valence-electron chi connectivity index (χ2n) is 4.67. The number of nitrogens with zero attached hydrogens (tertiary/aromatic N) is 2. The number of hydrogen-bond donors (Lipinski definition) is 0. The Labute approximate surface area is 105 Å². The first-order chi connectivity index (χ1) is 8.77. The van der Waals surface area contributed by atoms with Gasteiger partial charge >= 0.3 is 0 Å². The first kappa shape index (κ1) is 11.1. The van der Waals surface area contributed by atoms with Gasteiger partial charge in [0.05, 0.1) is 11.3 Å². The van der Waals surface area contributed by atoms with E-state index >= 15 is 0 Å². The minimum atomic E-state index is -0.161. The van der Waals surface area contributed by atoms with Crippen LogP contribution in [0.1, 0.15) is 40.1 Å². The number of likely N-dealkylation sites (tertiary alicyclic amines) is 1. The van der Waals surface area contributed by atoms with E-state index in [1.165, 1.54) is 12.5 Å². The molecule has 1 saturated heterocycles. The molecule has 1 fully saturated rings. The van der Waals surface area contributed by atoms with Crippen molar-refractivity contribution in [2.24, 2.45) is 0 Å². The van der Waals surface area contributed by atoms with Crippen molar-refractivity contribution >= 4 is 11.6 Å². The van der Waals surface area contributed by atoms with Crippen LogP contribution >= 0.6 is 0 Å². The summed E-state index contributed by atoms with van der Waals surface area (Å²) in [5.74, 6) is -0.231. The van der Waals surface area contributed by atoms with Crippen LogP contribution in [-0.4, -0.2) is 34.5 Å². The zero-order valence-corrected chi connectivity index (χ0v) is 10.1. The number of carbonyl (C=O) groups is 2. The zero-order chi connectivity index (χ0) is 12.5. The maximum atomic E-state index is 12.4. The number of pyridine rings is 1. The van der Waals surface area contributed by atoms with Gasteiger partial charge in [0.15, 0.2) is 0 Å². The van der Waals surface area contributed by atoms with Crippen LogP contribution in [0.15, 0.2) is 30.1 Å². The Kier molecular flexibility index (Phi) is 2.70. The lowest BCUT2D eigenvalue weighted by atomic mass is 9.95. The molecule has 4 nitrogen and oxygen atoms in total. The van der Waals surface area contributed by atoms with Crippen molar-refractivity contribution < 1.29 is 9.59 Å². The van der Waals surface area contributed by atoms with Crippen molar-refractivity contribution in [1.29, 1.82) is 0 Å². The first-order valence-electron chi connectivity index (χ1n) is 6.28. The van der Waals surface area contributed by atoms with E-state index in [1.807, 2.05) is 4.90 Å². The number of carbonyl (C=O) groups excluding carboxylic acids is 2. The quantitative estimate of drug-likeness (QED) is 0.754. The highest BCUT2D eigenvalue weighted by molar-refractivity contribution is 6.23. The molecule has 1 aliphatic carbocycles. The molecule has 1 aromatic heterocycles. The highest BCUT2D eigenvalue weighted by atomic mass is 16.1. The Morgan fingerprint density at radius 1 is 1.11 bits per heavy atom. The fourth-order valence-corrected chi connectivity index (χ4v) is 2.55. The molecule has 0 spiro atoms. The van der Waals surface area contributed by atoms with Gasteiger partial charge in [0.25, 0.3) is 0 Å². The number of ketones is 2. The lowest BCUT2D eigenvalue weighted by molar-refractivity contribution is 0.0941. The summed E-state index contributed by atoms with van der Waals surface area (Å²) in [5, 5.41) is 0. The van der Waals surface area contributed by atoms with Crippen LogP contribution in [0, 0.1) is 0 Å². The van der Waals surface area contributed by atoms with Crippen LogP contribution < -0.4 is 0 Å². The van der Waals surface area contributed by atoms with Crippen molar-refractivity contribution in [1.82, 2.24) is 9.88 Å². The van der Waals surface area contributed by atoms with E-state index in [0.29, 0.717) is 11.3 Å². The van der Waals surface area contributed by atoms with Gasteiger partial charge in [-0.25, -0.2) is 0 Å². The fraction of sp³-hybridized carbons (Fsp3) is 0.357. The summed E-state index contributed by atoms with van der Waals surface area (Å²) in [6, 6.07) is 3.38. The van der Waals surface area contributed by atoms with Crippen LogP contribution in [0.3, 0.4) is 0 Å². The van der Waals surface area contributed by atoms with Crippen LogP contribution in [0.4, 0.5) is 0 Å². The minimum absolute atomic E-state index is 0.0698. The Morgan fingerprint density at radius 2 is 1.89 bits per heavy atom. The molecule has 0 unspecified atom stereocenters. The third-order valence-corrected chi connectivity index (χ3v) is 3.48. The number of fused-ring (bicyclic) bond motifs is 1. The second-order valence-corrected chi connectivity index (χ2v) is 4.67. The summed E-state index contributed by atoms with van der Waals surface area (Å²) in [4.78, 5) is 30.3. The molecule has 0 radical (unpaired) electrons. The fourth-order valence-electron chi connectivity index (χ4n) is 2.55. The Hall–Kier alpha value is -1.97. The first-order valence-corrected chi connectivity index (χ1v) is 6.28. The molecule has 0 bridgehead atoms. The highest BCUT2D eigenvalue weighted by Crippen LogP contribution is 2.24. The molecule has 0 saturated carbocycles. The van der Waals surface area contributed by atoms with Crippen LogP contribution in [0.2, 0.25) is 0 Å². The van der Waals surface area contributed by atoms with Gasteiger partial charge in [0.1, 0.15) is 5.69 Å². The molecular formula is C14H14N2O2. The van der Waals surface area contributed by atoms with Crippen LogP contribution in [-0.2, 0) is 0 Å². The van der Waals surface area contributed by atoms with Crippen molar-refractivity contribution in [3.63, 3.8) is 0 Å². The lowest BCUT2D eigenvalue weighted by Crippen LogP contribution is -2.35. The van der Waals surface area contributed by atoms with E-state index in [2.05, 4.69) is 4.98 Å². The maximum Gasteiger partial charge on any atom is 0.211 e. The topological polar surface area (TPSA) is 50.3 Å². The monoisotopic (exact) mass is 242 g/mol. The van der Waals surface area contributed by atoms with Gasteiger partial charge < -0.3 is 4.90 Å². The summed E-state index contributed by atoms with van der Waals surface area (Å²) in [6.45, 7) is 1.72. The molecule has 1 aliphatic heterocycles. The van der Waals surface area contributed by atoms with Gasteiger partial charge in [-0.3, -0.25) is 14.6 Å². The molecule has 92 valence electrons. The summed E-state index contributed by atoms with van der Waals surface area (Å²) in [6.07, 6.45) is 6.36. The van der Waals surface area contributed by atoms with Crippen LogP contribution in [0.5, 0.6) is 0 Å². The molecule has 2 aliphatic rings. The van der Waals surface area contributed by atoms with E-state index in [9.17, 15) is 9.59 Å². The molecule has 2 heterocycles. The molecule has 0 N–H and O–H groups in total. The standard InChI is InChI=1S/C14H14N2O2/c17-12-9-11(16-7-2-1-3-8-16)14(18)10-5-4-6-15-13(10)12/h4-6,9H,1-3,7-8H2. The number of allylic oxidation sites excluding steroid dienone is 2. The molecule has 0 amide bonds. The summed E-state index contributed by atoms with van der Waals surface area (Å²) in [7, 11) is 0. The summed E-state index contributed by atoms with van der Waals surface area (Å²) < 4.78 is 0. The number of aromatic nitrogens is 1. The normalized spacial score (nSPS) is 19.6. The SMILES string of the molecule is O=C1C(N2CCCCC2)=CC(=O)c2ncccc21. The predicted molar refractivity (Wildman–Crippen MR) is 66.4 cm³/mol. The zero-order valence-electron chi connectivity index (χ0n) is 10.1. The average molecular weight is 242 g/mol. The average Bonchev–Trinajstić information content (AvgIpc) is 2.44. The van der Waals surface area contributed by atoms with Crippen LogP contribution in [0.25, 0.3) is 0 Å². The highest BCUT2D eigenvalue weighted by Gasteiger charge is 2.29. The molecule has 0 atom stereocenters. The van der Waals surface area contributed by atoms with Gasteiger partial charge in [-0.05, 0) is 31.4 Å². The number of piperidine rings is 1. The number of hydrogen-bond acceptors (Lipinski definition) is 4. The van der Waals surface area contributed by atoms with E-state index < -0.39 is 0 Å². The molecule has 4 heteroatoms.